The van der Waals surface area contributed by atoms with E-state index >= 15 is 0 Å². The Bertz CT molecular complexity index is 2860. The quantitative estimate of drug-likeness (QED) is 0.170. The molecule has 1 heterocycles. The van der Waals surface area contributed by atoms with Crippen LogP contribution in [-0.4, -0.2) is 0 Å². The van der Waals surface area contributed by atoms with Crippen molar-refractivity contribution in [1.82, 2.24) is 0 Å². The Morgan fingerprint density at radius 3 is 1.90 bits per heavy atom. The molecular formula is C50H31NS. The second-order valence-corrected chi connectivity index (χ2v) is 15.3. The van der Waals surface area contributed by atoms with E-state index in [1.165, 1.54) is 86.6 Å². The minimum Gasteiger partial charge on any atom is -0.192 e. The Morgan fingerprint density at radius 1 is 0.519 bits per heavy atom. The molecular weight excluding hydrogens is 647 g/mol. The molecule has 3 unspecified atom stereocenters. The van der Waals surface area contributed by atoms with Crippen LogP contribution in [0.25, 0.3) is 54.6 Å². The fourth-order valence-electron chi connectivity index (χ4n) is 9.81. The van der Waals surface area contributed by atoms with Crippen molar-refractivity contribution in [2.24, 2.45) is 5.92 Å². The highest BCUT2D eigenvalue weighted by atomic mass is 32.2. The molecule has 0 fully saturated rings. The summed E-state index contributed by atoms with van der Waals surface area (Å²) >= 11 is 1.84. The van der Waals surface area contributed by atoms with E-state index in [0.29, 0.717) is 5.56 Å². The number of hydrogen-bond acceptors (Lipinski definition) is 2. The monoisotopic (exact) mass is 677 g/mol. The maximum atomic E-state index is 10.2. The highest BCUT2D eigenvalue weighted by Crippen LogP contribution is 2.65. The van der Waals surface area contributed by atoms with E-state index in [0.717, 1.165) is 0 Å². The Kier molecular flexibility index (Phi) is 6.36. The third-order valence-corrected chi connectivity index (χ3v) is 13.0. The van der Waals surface area contributed by atoms with E-state index in [9.17, 15) is 5.26 Å². The van der Waals surface area contributed by atoms with E-state index in [4.69, 9.17) is 0 Å². The molecule has 242 valence electrons. The smallest absolute Gasteiger partial charge is 0.0991 e. The normalized spacial score (nSPS) is 19.4. The van der Waals surface area contributed by atoms with Crippen LogP contribution in [0.15, 0.2) is 186 Å². The molecule has 2 aliphatic carbocycles. The van der Waals surface area contributed by atoms with Gasteiger partial charge in [-0.2, -0.15) is 5.26 Å². The lowest BCUT2D eigenvalue weighted by atomic mass is 9.62. The average molecular weight is 678 g/mol. The van der Waals surface area contributed by atoms with E-state index in [2.05, 4.69) is 176 Å². The Balaban J connectivity index is 1.24. The minimum absolute atomic E-state index is 0.180. The summed E-state index contributed by atoms with van der Waals surface area (Å²) < 4.78 is 0. The number of nitrogens with zero attached hydrogens (tertiary/aromatic N) is 1. The van der Waals surface area contributed by atoms with Crippen LogP contribution in [0.3, 0.4) is 0 Å². The van der Waals surface area contributed by atoms with Gasteiger partial charge in [0.15, 0.2) is 0 Å². The zero-order chi connectivity index (χ0) is 34.4. The van der Waals surface area contributed by atoms with Crippen molar-refractivity contribution in [1.29, 1.82) is 5.26 Å². The van der Waals surface area contributed by atoms with Crippen LogP contribution in [0.1, 0.15) is 33.7 Å². The summed E-state index contributed by atoms with van der Waals surface area (Å²) in [7, 11) is 0. The van der Waals surface area contributed by atoms with Crippen molar-refractivity contribution in [3.8, 4) is 28.3 Å². The fraction of sp³-hybridized carbons (Fsp3) is 0.0600. The van der Waals surface area contributed by atoms with Gasteiger partial charge < -0.3 is 0 Å². The van der Waals surface area contributed by atoms with Crippen molar-refractivity contribution in [2.75, 3.05) is 0 Å². The van der Waals surface area contributed by atoms with Gasteiger partial charge in [0.05, 0.1) is 17.0 Å². The third kappa shape index (κ3) is 3.95. The molecule has 52 heavy (non-hydrogen) atoms. The summed E-state index contributed by atoms with van der Waals surface area (Å²) in [5.41, 5.74) is 10.5. The van der Waals surface area contributed by atoms with Gasteiger partial charge in [-0.1, -0.05) is 157 Å². The lowest BCUT2D eigenvalue weighted by molar-refractivity contribution is 0.442. The van der Waals surface area contributed by atoms with Gasteiger partial charge in [-0.25, -0.2) is 0 Å². The van der Waals surface area contributed by atoms with Crippen molar-refractivity contribution >= 4 is 44.1 Å². The molecule has 3 aliphatic rings. The second kappa shape index (κ2) is 11.2. The molecule has 1 nitrogen and oxygen atoms in total. The average Bonchev–Trinajstić information content (AvgIpc) is 3.50. The van der Waals surface area contributed by atoms with Crippen LogP contribution in [0.2, 0.25) is 0 Å². The van der Waals surface area contributed by atoms with Gasteiger partial charge in [-0.3, -0.25) is 0 Å². The molecule has 1 spiro atoms. The number of nitriles is 1. The maximum absolute atomic E-state index is 10.2. The zero-order valence-electron chi connectivity index (χ0n) is 28.3. The summed E-state index contributed by atoms with van der Waals surface area (Å²) in [5, 5.41) is 17.7. The van der Waals surface area contributed by atoms with Crippen molar-refractivity contribution < 1.29 is 0 Å². The highest BCUT2D eigenvalue weighted by molar-refractivity contribution is 7.99. The van der Waals surface area contributed by atoms with Gasteiger partial charge in [0.25, 0.3) is 0 Å². The first kappa shape index (κ1) is 29.6. The van der Waals surface area contributed by atoms with Gasteiger partial charge in [0.2, 0.25) is 0 Å². The highest BCUT2D eigenvalue weighted by Gasteiger charge is 2.56. The molecule has 0 N–H and O–H groups in total. The molecule has 1 aliphatic heterocycles. The molecule has 0 radical (unpaired) electrons. The van der Waals surface area contributed by atoms with E-state index < -0.39 is 5.41 Å². The van der Waals surface area contributed by atoms with Crippen molar-refractivity contribution in [3.05, 3.63) is 204 Å². The van der Waals surface area contributed by atoms with E-state index in [1.807, 2.05) is 17.8 Å². The number of fused-ring (bicyclic) bond motifs is 12. The summed E-state index contributed by atoms with van der Waals surface area (Å²) in [6.07, 6.45) is 9.23. The van der Waals surface area contributed by atoms with E-state index in [-0.39, 0.29) is 11.8 Å². The predicted octanol–water partition coefficient (Wildman–Crippen LogP) is 13.0. The van der Waals surface area contributed by atoms with Gasteiger partial charge in [-0.15, -0.1) is 0 Å². The first-order valence-electron chi connectivity index (χ1n) is 18.0. The Hall–Kier alpha value is -6.14. The topological polar surface area (TPSA) is 23.8 Å². The molecule has 8 aromatic carbocycles. The molecule has 0 saturated heterocycles. The third-order valence-electron chi connectivity index (χ3n) is 11.8. The van der Waals surface area contributed by atoms with Crippen molar-refractivity contribution in [3.63, 3.8) is 0 Å². The molecule has 0 aromatic heterocycles. The van der Waals surface area contributed by atoms with E-state index in [1.54, 1.807) is 0 Å². The summed E-state index contributed by atoms with van der Waals surface area (Å²) in [5.74, 6) is 0.431. The first-order chi connectivity index (χ1) is 25.8. The molecule has 8 aromatic rings. The Morgan fingerprint density at radius 2 is 1.13 bits per heavy atom. The minimum atomic E-state index is -0.449. The molecule has 2 heteroatoms. The van der Waals surface area contributed by atoms with Crippen LogP contribution in [0, 0.1) is 17.2 Å². The summed E-state index contributed by atoms with van der Waals surface area (Å²) in [6, 6.07) is 58.3. The molecule has 0 saturated carbocycles. The number of rotatable bonds is 2. The van der Waals surface area contributed by atoms with Crippen molar-refractivity contribution in [2.45, 2.75) is 21.1 Å². The largest absolute Gasteiger partial charge is 0.192 e. The summed E-state index contributed by atoms with van der Waals surface area (Å²) in [6.45, 7) is 0. The Labute approximate surface area is 307 Å². The number of benzene rings is 8. The zero-order valence-corrected chi connectivity index (χ0v) is 29.1. The van der Waals surface area contributed by atoms with Gasteiger partial charge >= 0.3 is 0 Å². The maximum Gasteiger partial charge on any atom is 0.0991 e. The van der Waals surface area contributed by atoms with Gasteiger partial charge in [0.1, 0.15) is 0 Å². The molecule has 3 atom stereocenters. The van der Waals surface area contributed by atoms with Crippen LogP contribution >= 0.6 is 11.8 Å². The van der Waals surface area contributed by atoms with Crippen LogP contribution in [0.5, 0.6) is 0 Å². The van der Waals surface area contributed by atoms with Crippen LogP contribution < -0.4 is 0 Å². The standard InChI is InChI=1S/C50H31NS/c51-30-31-24-26-46-44(28-31)50(42-22-9-7-15-35(42)36-16-8-10-23-43(36)50)45-29-33(25-27-47(45)52-46)48-38-17-3-5-19-40(38)49(41-20-6-4-18-39(41)48)37-21-11-13-32-12-1-2-14-34(32)37/h1-29,35,42H. The predicted molar refractivity (Wildman–Crippen MR) is 216 cm³/mol. The SMILES string of the molecule is N#Cc1ccc2c(c1)C1(c3cc(-c4c5ccccc5c(-c5cccc6ccccc56)c5ccccc45)ccc3S2)c2ccccc2C2C=CC=CC21. The first-order valence-corrected chi connectivity index (χ1v) is 18.8. The fourth-order valence-corrected chi connectivity index (χ4v) is 11.0. The lowest BCUT2D eigenvalue weighted by Gasteiger charge is -2.43. The van der Waals surface area contributed by atoms with Crippen LogP contribution in [0.4, 0.5) is 0 Å². The van der Waals surface area contributed by atoms with Gasteiger partial charge in [-0.05, 0) is 107 Å². The number of allylic oxidation sites excluding steroid dienone is 4. The molecule has 0 bridgehead atoms. The van der Waals surface area contributed by atoms with Gasteiger partial charge in [0, 0.05) is 21.6 Å². The van der Waals surface area contributed by atoms with Crippen LogP contribution in [-0.2, 0) is 5.41 Å². The second-order valence-electron chi connectivity index (χ2n) is 14.2. The lowest BCUT2D eigenvalue weighted by Crippen LogP contribution is -2.37. The summed E-state index contributed by atoms with van der Waals surface area (Å²) in [4.78, 5) is 2.51. The molecule has 11 rings (SSSR count). The molecule has 0 amide bonds. The number of hydrogen-bond donors (Lipinski definition) is 0.